The van der Waals surface area contributed by atoms with Gasteiger partial charge in [0.15, 0.2) is 0 Å². The van der Waals surface area contributed by atoms with Crippen molar-refractivity contribution in [1.29, 1.82) is 0 Å². The Morgan fingerprint density at radius 2 is 1.77 bits per heavy atom. The van der Waals surface area contributed by atoms with Crippen LogP contribution in [0.25, 0.3) is 0 Å². The number of nitrogens with zero attached hydrogens (tertiary/aromatic N) is 1. The lowest BCUT2D eigenvalue weighted by molar-refractivity contribution is -0.122. The Bertz CT molecular complexity index is 686. The first-order chi connectivity index (χ1) is 10.6. The van der Waals surface area contributed by atoms with Gasteiger partial charge in [0.2, 0.25) is 11.8 Å². The van der Waals surface area contributed by atoms with Crippen LogP contribution >= 0.6 is 15.9 Å². The van der Waals surface area contributed by atoms with Gasteiger partial charge >= 0.3 is 0 Å². The van der Waals surface area contributed by atoms with E-state index in [0.717, 1.165) is 15.8 Å². The van der Waals surface area contributed by atoms with E-state index in [2.05, 4.69) is 21.2 Å². The normalized spacial score (nSPS) is 17.6. The van der Waals surface area contributed by atoms with Gasteiger partial charge in [-0.2, -0.15) is 0 Å². The fourth-order valence-corrected chi connectivity index (χ4v) is 2.78. The molecule has 5 heteroatoms. The summed E-state index contributed by atoms with van der Waals surface area (Å²) < 4.78 is 0.955. The maximum atomic E-state index is 12.3. The predicted octanol–water partition coefficient (Wildman–Crippen LogP) is 3.44. The van der Waals surface area contributed by atoms with Crippen LogP contribution in [0, 0.1) is 5.92 Å². The van der Waals surface area contributed by atoms with Gasteiger partial charge in [-0.05, 0) is 36.4 Å². The molecule has 2 aromatic rings. The molecule has 1 aliphatic heterocycles. The summed E-state index contributed by atoms with van der Waals surface area (Å²) >= 11 is 3.36. The van der Waals surface area contributed by atoms with Gasteiger partial charge in [-0.25, -0.2) is 0 Å². The molecule has 0 spiro atoms. The summed E-state index contributed by atoms with van der Waals surface area (Å²) in [4.78, 5) is 26.1. The van der Waals surface area contributed by atoms with Crippen molar-refractivity contribution in [2.75, 3.05) is 16.8 Å². The third-order valence-corrected chi connectivity index (χ3v) is 4.20. The first kappa shape index (κ1) is 14.8. The average Bonchev–Trinajstić information content (AvgIpc) is 2.92. The topological polar surface area (TPSA) is 49.4 Å². The van der Waals surface area contributed by atoms with Crippen LogP contribution < -0.4 is 10.2 Å². The molecule has 0 unspecified atom stereocenters. The number of carbonyl (C=O) groups excluding carboxylic acids is 2. The molecule has 1 fully saturated rings. The molecule has 1 saturated heterocycles. The number of halogens is 1. The second-order valence-electron chi connectivity index (χ2n) is 5.24. The first-order valence-electron chi connectivity index (χ1n) is 7.05. The molecule has 1 atom stereocenters. The van der Waals surface area contributed by atoms with Gasteiger partial charge in [-0.3, -0.25) is 9.59 Å². The molecule has 0 aromatic heterocycles. The van der Waals surface area contributed by atoms with E-state index in [1.807, 2.05) is 54.6 Å². The van der Waals surface area contributed by atoms with Crippen LogP contribution in [-0.4, -0.2) is 18.4 Å². The van der Waals surface area contributed by atoms with Crippen LogP contribution in [0.15, 0.2) is 59.1 Å². The fourth-order valence-electron chi connectivity index (χ4n) is 2.52. The Morgan fingerprint density at radius 3 is 2.45 bits per heavy atom. The number of anilines is 2. The molecule has 112 valence electrons. The van der Waals surface area contributed by atoms with Gasteiger partial charge in [0.25, 0.3) is 0 Å². The van der Waals surface area contributed by atoms with Crippen molar-refractivity contribution >= 4 is 39.1 Å². The van der Waals surface area contributed by atoms with Crippen LogP contribution in [0.2, 0.25) is 0 Å². The van der Waals surface area contributed by atoms with Crippen molar-refractivity contribution in [3.05, 3.63) is 59.1 Å². The zero-order chi connectivity index (χ0) is 15.5. The number of nitrogens with one attached hydrogen (secondary N) is 1. The Kier molecular flexibility index (Phi) is 4.24. The van der Waals surface area contributed by atoms with Crippen LogP contribution in [0.1, 0.15) is 6.42 Å². The summed E-state index contributed by atoms with van der Waals surface area (Å²) in [5.41, 5.74) is 1.57. The van der Waals surface area contributed by atoms with Crippen molar-refractivity contribution in [3.8, 4) is 0 Å². The van der Waals surface area contributed by atoms with E-state index >= 15 is 0 Å². The lowest BCUT2D eigenvalue weighted by Crippen LogP contribution is -2.28. The highest BCUT2D eigenvalue weighted by Crippen LogP contribution is 2.26. The molecule has 1 heterocycles. The predicted molar refractivity (Wildman–Crippen MR) is 89.7 cm³/mol. The molecule has 2 amide bonds. The third-order valence-electron chi connectivity index (χ3n) is 3.68. The summed E-state index contributed by atoms with van der Waals surface area (Å²) in [6.45, 7) is 0.422. The van der Waals surface area contributed by atoms with E-state index in [1.54, 1.807) is 4.90 Å². The second kappa shape index (κ2) is 6.32. The van der Waals surface area contributed by atoms with Crippen molar-refractivity contribution in [3.63, 3.8) is 0 Å². The monoisotopic (exact) mass is 358 g/mol. The number of carbonyl (C=O) groups is 2. The van der Waals surface area contributed by atoms with E-state index in [0.29, 0.717) is 6.54 Å². The minimum absolute atomic E-state index is 0.0119. The SMILES string of the molecule is O=C(Nc1ccc(Br)cc1)[C@@H]1CC(=O)N(c2ccccc2)C1. The summed E-state index contributed by atoms with van der Waals surface area (Å²) in [6.07, 6.45) is 0.247. The van der Waals surface area contributed by atoms with Gasteiger partial charge in [0, 0.05) is 28.8 Å². The zero-order valence-corrected chi connectivity index (χ0v) is 13.4. The molecule has 4 nitrogen and oxygen atoms in total. The van der Waals surface area contributed by atoms with Crippen LogP contribution in [0.3, 0.4) is 0 Å². The van der Waals surface area contributed by atoms with E-state index in [4.69, 9.17) is 0 Å². The number of benzene rings is 2. The lowest BCUT2D eigenvalue weighted by Gasteiger charge is -2.16. The molecule has 0 aliphatic carbocycles. The van der Waals surface area contributed by atoms with Crippen molar-refractivity contribution < 1.29 is 9.59 Å². The Hall–Kier alpha value is -2.14. The van der Waals surface area contributed by atoms with E-state index in [1.165, 1.54) is 0 Å². The summed E-state index contributed by atoms with van der Waals surface area (Å²) in [7, 11) is 0. The Morgan fingerprint density at radius 1 is 1.09 bits per heavy atom. The molecule has 0 bridgehead atoms. The first-order valence-corrected chi connectivity index (χ1v) is 7.84. The second-order valence-corrected chi connectivity index (χ2v) is 6.15. The number of amides is 2. The Balaban J connectivity index is 1.67. The average molecular weight is 359 g/mol. The largest absolute Gasteiger partial charge is 0.326 e. The van der Waals surface area contributed by atoms with Gasteiger partial charge in [0.05, 0.1) is 5.92 Å². The summed E-state index contributed by atoms with van der Waals surface area (Å²) in [6, 6.07) is 16.8. The molecule has 1 aliphatic rings. The van der Waals surface area contributed by atoms with Gasteiger partial charge in [-0.15, -0.1) is 0 Å². The highest BCUT2D eigenvalue weighted by Gasteiger charge is 2.35. The van der Waals surface area contributed by atoms with Crippen LogP contribution in [-0.2, 0) is 9.59 Å². The molecule has 3 rings (SSSR count). The Labute approximate surface area is 137 Å². The van der Waals surface area contributed by atoms with E-state index in [-0.39, 0.29) is 24.2 Å². The highest BCUT2D eigenvalue weighted by molar-refractivity contribution is 9.10. The van der Waals surface area contributed by atoms with Crippen molar-refractivity contribution in [1.82, 2.24) is 0 Å². The van der Waals surface area contributed by atoms with Crippen LogP contribution in [0.4, 0.5) is 11.4 Å². The van der Waals surface area contributed by atoms with Crippen molar-refractivity contribution in [2.24, 2.45) is 5.92 Å². The van der Waals surface area contributed by atoms with Gasteiger partial charge in [0.1, 0.15) is 0 Å². The number of hydrogen-bond donors (Lipinski definition) is 1. The lowest BCUT2D eigenvalue weighted by atomic mass is 10.1. The summed E-state index contributed by atoms with van der Waals surface area (Å²) in [5, 5.41) is 2.86. The minimum atomic E-state index is -0.323. The zero-order valence-electron chi connectivity index (χ0n) is 11.8. The maximum Gasteiger partial charge on any atom is 0.229 e. The molecule has 0 radical (unpaired) electrons. The third kappa shape index (κ3) is 3.20. The smallest absolute Gasteiger partial charge is 0.229 e. The standard InChI is InChI=1S/C17H15BrN2O2/c18-13-6-8-14(9-7-13)19-17(22)12-10-16(21)20(11-12)15-4-2-1-3-5-15/h1-9,12H,10-11H2,(H,19,22)/t12-/m1/s1. The number of hydrogen-bond acceptors (Lipinski definition) is 2. The van der Waals surface area contributed by atoms with Crippen LogP contribution in [0.5, 0.6) is 0 Å². The molecule has 2 aromatic carbocycles. The summed E-state index contributed by atoms with van der Waals surface area (Å²) in [5.74, 6) is -0.451. The highest BCUT2D eigenvalue weighted by atomic mass is 79.9. The van der Waals surface area contributed by atoms with Gasteiger partial charge < -0.3 is 10.2 Å². The fraction of sp³-hybridized carbons (Fsp3) is 0.176. The number of rotatable bonds is 3. The molecule has 22 heavy (non-hydrogen) atoms. The van der Waals surface area contributed by atoms with Crippen molar-refractivity contribution in [2.45, 2.75) is 6.42 Å². The molecular formula is C17H15BrN2O2. The maximum absolute atomic E-state index is 12.3. The van der Waals surface area contributed by atoms with Gasteiger partial charge in [-0.1, -0.05) is 34.1 Å². The molecular weight excluding hydrogens is 344 g/mol. The van der Waals surface area contributed by atoms with E-state index in [9.17, 15) is 9.59 Å². The van der Waals surface area contributed by atoms with E-state index < -0.39 is 0 Å². The quantitative estimate of drug-likeness (QED) is 0.913. The number of para-hydroxylation sites is 1. The molecule has 1 N–H and O–H groups in total. The molecule has 0 saturated carbocycles. The minimum Gasteiger partial charge on any atom is -0.326 e.